The molecule has 1 N–H and O–H groups in total. The van der Waals surface area contributed by atoms with Crippen LogP contribution in [-0.2, 0) is 19.4 Å². The quantitative estimate of drug-likeness (QED) is 0.612. The summed E-state index contributed by atoms with van der Waals surface area (Å²) >= 11 is 0. The first kappa shape index (κ1) is 19.3. The average molecular weight is 375 g/mol. The maximum absolute atomic E-state index is 11.9. The molecule has 0 unspecified atom stereocenters. The second kappa shape index (κ2) is 7.92. The molecule has 0 aromatic heterocycles. The Morgan fingerprint density at radius 2 is 1.46 bits per heavy atom. The third-order valence-electron chi connectivity index (χ3n) is 3.43. The van der Waals surface area contributed by atoms with Gasteiger partial charge < -0.3 is 10.1 Å². The van der Waals surface area contributed by atoms with Crippen molar-refractivity contribution in [3.8, 4) is 0 Å². The van der Waals surface area contributed by atoms with Gasteiger partial charge in [0.15, 0.2) is 22.2 Å². The monoisotopic (exact) mass is 375 g/mol. The summed E-state index contributed by atoms with van der Waals surface area (Å²) < 4.78 is 27.6. The summed E-state index contributed by atoms with van der Waals surface area (Å²) in [5.41, 5.74) is 1.12. The van der Waals surface area contributed by atoms with Gasteiger partial charge in [-0.05, 0) is 55.5 Å². The molecule has 0 bridgehead atoms. The van der Waals surface area contributed by atoms with Gasteiger partial charge >= 0.3 is 5.97 Å². The number of carbonyl (C=O) groups is 3. The Kier molecular flexibility index (Phi) is 5.89. The van der Waals surface area contributed by atoms with Crippen LogP contribution in [-0.4, -0.2) is 38.9 Å². The highest BCUT2D eigenvalue weighted by atomic mass is 32.2. The zero-order valence-electron chi connectivity index (χ0n) is 14.2. The summed E-state index contributed by atoms with van der Waals surface area (Å²) in [4.78, 5) is 35.0. The third kappa shape index (κ3) is 5.25. The second-order valence-corrected chi connectivity index (χ2v) is 7.57. The minimum absolute atomic E-state index is 0.0841. The molecular weight excluding hydrogens is 358 g/mol. The highest BCUT2D eigenvalue weighted by Gasteiger charge is 2.13. The fourth-order valence-electron chi connectivity index (χ4n) is 2.04. The number of carbonyl (C=O) groups excluding carboxylic acids is 3. The molecular formula is C18H17NO6S. The number of ketones is 1. The van der Waals surface area contributed by atoms with Gasteiger partial charge in [-0.1, -0.05) is 0 Å². The Balaban J connectivity index is 1.90. The van der Waals surface area contributed by atoms with E-state index in [-0.39, 0.29) is 16.2 Å². The predicted molar refractivity (Wildman–Crippen MR) is 94.9 cm³/mol. The predicted octanol–water partition coefficient (Wildman–Crippen LogP) is 2.09. The molecule has 0 fully saturated rings. The van der Waals surface area contributed by atoms with Crippen LogP contribution >= 0.6 is 0 Å². The van der Waals surface area contributed by atoms with Crippen molar-refractivity contribution in [2.24, 2.45) is 0 Å². The van der Waals surface area contributed by atoms with E-state index in [1.807, 2.05) is 0 Å². The first-order valence-electron chi connectivity index (χ1n) is 7.55. The summed E-state index contributed by atoms with van der Waals surface area (Å²) in [6.07, 6.45) is 1.06. The lowest BCUT2D eigenvalue weighted by atomic mass is 10.1. The van der Waals surface area contributed by atoms with Crippen LogP contribution in [0.5, 0.6) is 0 Å². The minimum Gasteiger partial charge on any atom is -0.452 e. The van der Waals surface area contributed by atoms with Gasteiger partial charge in [-0.15, -0.1) is 0 Å². The molecule has 2 rings (SSSR count). The number of Topliss-reactive ketones (excluding diaryl/α,β-unsaturated/α-hetero) is 1. The molecule has 7 nitrogen and oxygen atoms in total. The highest BCUT2D eigenvalue weighted by Crippen LogP contribution is 2.12. The van der Waals surface area contributed by atoms with Gasteiger partial charge in [0, 0.05) is 17.5 Å². The van der Waals surface area contributed by atoms with E-state index < -0.39 is 28.3 Å². The number of hydrogen-bond donors (Lipinski definition) is 1. The van der Waals surface area contributed by atoms with E-state index in [2.05, 4.69) is 5.32 Å². The van der Waals surface area contributed by atoms with Crippen molar-refractivity contribution in [1.29, 1.82) is 0 Å². The molecule has 0 heterocycles. The van der Waals surface area contributed by atoms with Gasteiger partial charge in [0.05, 0.1) is 10.5 Å². The summed E-state index contributed by atoms with van der Waals surface area (Å²) in [5, 5.41) is 2.54. The number of ether oxygens (including phenoxy) is 1. The Hall–Kier alpha value is -3.00. The Labute approximate surface area is 150 Å². The van der Waals surface area contributed by atoms with E-state index in [9.17, 15) is 22.8 Å². The minimum atomic E-state index is -3.35. The molecule has 2 aromatic rings. The van der Waals surface area contributed by atoms with Crippen LogP contribution in [0.25, 0.3) is 0 Å². The maximum atomic E-state index is 11.9. The van der Waals surface area contributed by atoms with Crippen molar-refractivity contribution in [2.45, 2.75) is 11.8 Å². The van der Waals surface area contributed by atoms with E-state index in [0.717, 1.165) is 6.26 Å². The first-order chi connectivity index (χ1) is 12.2. The van der Waals surface area contributed by atoms with E-state index in [0.29, 0.717) is 11.3 Å². The molecule has 0 atom stereocenters. The van der Waals surface area contributed by atoms with Crippen molar-refractivity contribution < 1.29 is 27.5 Å². The molecule has 8 heteroatoms. The van der Waals surface area contributed by atoms with Crippen molar-refractivity contribution in [3.63, 3.8) is 0 Å². The molecule has 0 aliphatic rings. The van der Waals surface area contributed by atoms with Crippen LogP contribution in [0.1, 0.15) is 27.6 Å². The summed E-state index contributed by atoms with van der Waals surface area (Å²) in [5.74, 6) is -1.37. The molecule has 136 valence electrons. The smallest absolute Gasteiger partial charge is 0.338 e. The molecule has 2 aromatic carbocycles. The lowest BCUT2D eigenvalue weighted by molar-refractivity contribution is -0.119. The normalized spacial score (nSPS) is 10.8. The van der Waals surface area contributed by atoms with Crippen LogP contribution in [0.3, 0.4) is 0 Å². The fourth-order valence-corrected chi connectivity index (χ4v) is 2.67. The van der Waals surface area contributed by atoms with Gasteiger partial charge in [-0.3, -0.25) is 9.59 Å². The average Bonchev–Trinajstić information content (AvgIpc) is 2.59. The number of amides is 1. The van der Waals surface area contributed by atoms with Crippen molar-refractivity contribution in [2.75, 3.05) is 18.2 Å². The lowest BCUT2D eigenvalue weighted by Gasteiger charge is -2.07. The zero-order valence-corrected chi connectivity index (χ0v) is 15.0. The van der Waals surface area contributed by atoms with Gasteiger partial charge in [0.1, 0.15) is 0 Å². The van der Waals surface area contributed by atoms with Crippen LogP contribution in [0.2, 0.25) is 0 Å². The maximum Gasteiger partial charge on any atom is 0.338 e. The number of rotatable bonds is 6. The van der Waals surface area contributed by atoms with Gasteiger partial charge in [-0.25, -0.2) is 13.2 Å². The number of hydrogen-bond acceptors (Lipinski definition) is 6. The molecule has 0 aliphatic carbocycles. The number of esters is 1. The van der Waals surface area contributed by atoms with E-state index >= 15 is 0 Å². The van der Waals surface area contributed by atoms with Crippen LogP contribution in [0.15, 0.2) is 53.4 Å². The number of anilines is 1. The molecule has 0 aliphatic heterocycles. The molecule has 0 saturated carbocycles. The largest absolute Gasteiger partial charge is 0.452 e. The standard InChI is InChI=1S/C18H17NO6S/c1-12(20)13-3-7-15(8-4-13)19-17(21)11-25-18(22)14-5-9-16(10-6-14)26(2,23)24/h3-10H,11H2,1-2H3,(H,19,21). The van der Waals surface area contributed by atoms with Crippen molar-refractivity contribution in [3.05, 3.63) is 59.7 Å². The number of benzene rings is 2. The molecule has 26 heavy (non-hydrogen) atoms. The SMILES string of the molecule is CC(=O)c1ccc(NC(=O)COC(=O)c2ccc(S(C)(=O)=O)cc2)cc1. The van der Waals surface area contributed by atoms with E-state index in [1.165, 1.54) is 31.2 Å². The third-order valence-corrected chi connectivity index (χ3v) is 4.56. The van der Waals surface area contributed by atoms with E-state index in [4.69, 9.17) is 4.74 Å². The number of nitrogens with one attached hydrogen (secondary N) is 1. The summed E-state index contributed by atoms with van der Waals surface area (Å²) in [7, 11) is -3.35. The highest BCUT2D eigenvalue weighted by molar-refractivity contribution is 7.90. The fraction of sp³-hybridized carbons (Fsp3) is 0.167. The van der Waals surface area contributed by atoms with Gasteiger partial charge in [0.25, 0.3) is 5.91 Å². The van der Waals surface area contributed by atoms with Gasteiger partial charge in [-0.2, -0.15) is 0 Å². The number of sulfone groups is 1. The van der Waals surface area contributed by atoms with Crippen LogP contribution < -0.4 is 5.32 Å². The Bertz CT molecular complexity index is 931. The second-order valence-electron chi connectivity index (χ2n) is 5.55. The lowest BCUT2D eigenvalue weighted by Crippen LogP contribution is -2.21. The van der Waals surface area contributed by atoms with Crippen molar-refractivity contribution >= 4 is 33.2 Å². The van der Waals surface area contributed by atoms with Crippen molar-refractivity contribution in [1.82, 2.24) is 0 Å². The van der Waals surface area contributed by atoms with E-state index in [1.54, 1.807) is 24.3 Å². The molecule has 0 spiro atoms. The molecule has 0 radical (unpaired) electrons. The van der Waals surface area contributed by atoms with Crippen LogP contribution in [0.4, 0.5) is 5.69 Å². The molecule has 0 saturated heterocycles. The Morgan fingerprint density at radius 1 is 0.923 bits per heavy atom. The summed E-state index contributed by atoms with van der Waals surface area (Å²) in [6, 6.07) is 11.5. The first-order valence-corrected chi connectivity index (χ1v) is 9.44. The van der Waals surface area contributed by atoms with Gasteiger partial charge in [0.2, 0.25) is 0 Å². The Morgan fingerprint density at radius 3 is 1.96 bits per heavy atom. The zero-order chi connectivity index (χ0) is 19.3. The van der Waals surface area contributed by atoms with Crippen LogP contribution in [0, 0.1) is 0 Å². The molecule has 1 amide bonds. The topological polar surface area (TPSA) is 107 Å². The summed E-state index contributed by atoms with van der Waals surface area (Å²) in [6.45, 7) is 0.941.